The lowest BCUT2D eigenvalue weighted by molar-refractivity contribution is -0.385. The highest BCUT2D eigenvalue weighted by Crippen LogP contribution is 2.23. The molecule has 1 rings (SSSR count). The molecule has 0 spiro atoms. The van der Waals surface area contributed by atoms with Crippen molar-refractivity contribution in [3.8, 4) is 0 Å². The molecule has 0 amide bonds. The topological polar surface area (TPSA) is 107 Å². The van der Waals surface area contributed by atoms with E-state index in [2.05, 4.69) is 0 Å². The van der Waals surface area contributed by atoms with Crippen molar-refractivity contribution in [2.75, 3.05) is 13.6 Å². The second-order valence-electron chi connectivity index (χ2n) is 5.73. The van der Waals surface area contributed by atoms with Crippen LogP contribution < -0.4 is 5.73 Å². The highest BCUT2D eigenvalue weighted by atomic mass is 35.5. The molecule has 1 aromatic rings. The Balaban J connectivity index is 0.00000484. The smallest absolute Gasteiger partial charge is 0.269 e. The van der Waals surface area contributed by atoms with Gasteiger partial charge >= 0.3 is 0 Å². The minimum Gasteiger partial charge on any atom is -0.327 e. The van der Waals surface area contributed by atoms with Crippen molar-refractivity contribution in [1.82, 2.24) is 4.31 Å². The zero-order valence-electron chi connectivity index (χ0n) is 13.7. The van der Waals surface area contributed by atoms with E-state index >= 15 is 0 Å². The molecular weight excluding hydrogens is 342 g/mol. The predicted molar refractivity (Wildman–Crippen MR) is 92.3 cm³/mol. The fourth-order valence-corrected chi connectivity index (χ4v) is 3.38. The molecule has 132 valence electrons. The van der Waals surface area contributed by atoms with Gasteiger partial charge in [0.25, 0.3) is 5.69 Å². The number of aryl methyl sites for hydroxylation is 1. The Bertz CT molecular complexity index is 649. The Kier molecular flexibility index (Phi) is 8.13. The first-order valence-electron chi connectivity index (χ1n) is 7.04. The molecule has 0 aliphatic carbocycles. The number of rotatable bonds is 7. The van der Waals surface area contributed by atoms with Gasteiger partial charge in [0.2, 0.25) is 10.0 Å². The first-order chi connectivity index (χ1) is 10.1. The van der Waals surface area contributed by atoms with E-state index in [-0.39, 0.29) is 34.9 Å². The molecule has 0 radical (unpaired) electrons. The number of non-ortho nitro benzene ring substituents is 1. The van der Waals surface area contributed by atoms with Gasteiger partial charge in [0.15, 0.2) is 0 Å². The molecule has 1 atom stereocenters. The van der Waals surface area contributed by atoms with Gasteiger partial charge in [-0.05, 0) is 30.9 Å². The largest absolute Gasteiger partial charge is 0.327 e. The molecule has 0 heterocycles. The normalized spacial score (nSPS) is 13.0. The van der Waals surface area contributed by atoms with Crippen LogP contribution in [0.25, 0.3) is 0 Å². The maximum absolute atomic E-state index is 12.5. The average molecular weight is 366 g/mol. The number of nitrogens with two attached hydrogens (primary N) is 1. The summed E-state index contributed by atoms with van der Waals surface area (Å²) in [4.78, 5) is 10.3. The number of sulfonamides is 1. The minimum atomic E-state index is -3.68. The van der Waals surface area contributed by atoms with Crippen molar-refractivity contribution in [2.24, 2.45) is 11.7 Å². The quantitative estimate of drug-likeness (QED) is 0.589. The van der Waals surface area contributed by atoms with Crippen molar-refractivity contribution in [3.05, 3.63) is 33.9 Å². The maximum Gasteiger partial charge on any atom is 0.269 e. The molecule has 0 aliphatic rings. The molecule has 0 aliphatic heterocycles. The van der Waals surface area contributed by atoms with Crippen molar-refractivity contribution < 1.29 is 13.3 Å². The number of nitrogens with zero attached hydrogens (tertiary/aromatic N) is 2. The lowest BCUT2D eigenvalue weighted by atomic mass is 10.0. The Morgan fingerprint density at radius 1 is 1.35 bits per heavy atom. The number of hydrogen-bond donors (Lipinski definition) is 1. The summed E-state index contributed by atoms with van der Waals surface area (Å²) in [6.07, 6.45) is 0.555. The zero-order valence-corrected chi connectivity index (χ0v) is 15.4. The number of hydrogen-bond acceptors (Lipinski definition) is 5. The van der Waals surface area contributed by atoms with Gasteiger partial charge in [-0.3, -0.25) is 10.1 Å². The Labute approximate surface area is 143 Å². The third kappa shape index (κ3) is 5.42. The number of nitro groups is 1. The molecule has 2 N–H and O–H groups in total. The third-order valence-corrected chi connectivity index (χ3v) is 5.71. The summed E-state index contributed by atoms with van der Waals surface area (Å²) in [5, 5.41) is 10.7. The van der Waals surface area contributed by atoms with Crippen LogP contribution in [0, 0.1) is 23.0 Å². The van der Waals surface area contributed by atoms with Crippen molar-refractivity contribution in [1.29, 1.82) is 0 Å². The van der Waals surface area contributed by atoms with Gasteiger partial charge in [0.05, 0.1) is 9.82 Å². The van der Waals surface area contributed by atoms with Crippen molar-refractivity contribution in [3.63, 3.8) is 0 Å². The molecular formula is C14H24ClN3O4S. The van der Waals surface area contributed by atoms with Gasteiger partial charge in [-0.2, -0.15) is 0 Å². The second kappa shape index (κ2) is 8.58. The number of benzene rings is 1. The van der Waals surface area contributed by atoms with E-state index in [0.717, 1.165) is 0 Å². The summed E-state index contributed by atoms with van der Waals surface area (Å²) in [6.45, 7) is 5.82. The summed E-state index contributed by atoms with van der Waals surface area (Å²) in [5.41, 5.74) is 6.16. The molecule has 7 nitrogen and oxygen atoms in total. The lowest BCUT2D eigenvalue weighted by Gasteiger charge is -2.22. The Morgan fingerprint density at radius 2 is 1.91 bits per heavy atom. The summed E-state index contributed by atoms with van der Waals surface area (Å²) < 4.78 is 26.3. The maximum atomic E-state index is 12.5. The van der Waals surface area contributed by atoms with Gasteiger partial charge < -0.3 is 5.73 Å². The first kappa shape index (κ1) is 21.8. The van der Waals surface area contributed by atoms with Gasteiger partial charge in [-0.1, -0.05) is 13.8 Å². The predicted octanol–water partition coefficient (Wildman–Crippen LogP) is 2.32. The molecule has 9 heteroatoms. The van der Waals surface area contributed by atoms with Gasteiger partial charge in [-0.15, -0.1) is 12.4 Å². The molecule has 0 aromatic heterocycles. The highest BCUT2D eigenvalue weighted by molar-refractivity contribution is 7.89. The number of halogens is 1. The van der Waals surface area contributed by atoms with Crippen LogP contribution in [-0.2, 0) is 10.0 Å². The number of nitro benzene ring substituents is 1. The van der Waals surface area contributed by atoms with E-state index < -0.39 is 14.9 Å². The average Bonchev–Trinajstić information content (AvgIpc) is 2.43. The highest BCUT2D eigenvalue weighted by Gasteiger charge is 2.24. The summed E-state index contributed by atoms with van der Waals surface area (Å²) in [5.74, 6) is 0.275. The van der Waals surface area contributed by atoms with Crippen LogP contribution in [0.1, 0.15) is 25.8 Å². The van der Waals surface area contributed by atoms with Crippen LogP contribution in [-0.4, -0.2) is 37.3 Å². The van der Waals surface area contributed by atoms with Crippen molar-refractivity contribution in [2.45, 2.75) is 38.1 Å². The van der Waals surface area contributed by atoms with Crippen LogP contribution in [0.4, 0.5) is 5.69 Å². The Morgan fingerprint density at radius 3 is 2.35 bits per heavy atom. The molecule has 0 bridgehead atoms. The molecule has 0 saturated carbocycles. The lowest BCUT2D eigenvalue weighted by Crippen LogP contribution is -2.34. The van der Waals surface area contributed by atoms with E-state index in [1.54, 1.807) is 6.92 Å². The molecule has 0 fully saturated rings. The summed E-state index contributed by atoms with van der Waals surface area (Å²) in [7, 11) is -2.19. The van der Waals surface area contributed by atoms with E-state index in [1.165, 1.54) is 29.6 Å². The zero-order chi connectivity index (χ0) is 17.1. The second-order valence-corrected chi connectivity index (χ2v) is 7.74. The van der Waals surface area contributed by atoms with E-state index in [0.29, 0.717) is 18.5 Å². The Hall–Kier alpha value is -1.22. The molecule has 23 heavy (non-hydrogen) atoms. The van der Waals surface area contributed by atoms with Crippen LogP contribution in [0.2, 0.25) is 0 Å². The standard InChI is InChI=1S/C14H23N3O4S.ClH/c1-10(2)13(15)7-8-16(4)22(20,21)14-6-5-12(17(18)19)9-11(14)3;/h5-6,9-10,13H,7-8,15H2,1-4H3;1H. The van der Waals surface area contributed by atoms with Crippen LogP contribution in [0.15, 0.2) is 23.1 Å². The first-order valence-corrected chi connectivity index (χ1v) is 8.48. The van der Waals surface area contributed by atoms with Crippen LogP contribution >= 0.6 is 12.4 Å². The van der Waals surface area contributed by atoms with Gasteiger partial charge in [-0.25, -0.2) is 12.7 Å². The monoisotopic (exact) mass is 365 g/mol. The molecule has 1 aromatic carbocycles. The summed E-state index contributed by atoms with van der Waals surface area (Å²) in [6, 6.07) is 3.67. The van der Waals surface area contributed by atoms with E-state index in [4.69, 9.17) is 5.73 Å². The fourth-order valence-electron chi connectivity index (χ4n) is 1.99. The van der Waals surface area contributed by atoms with Crippen LogP contribution in [0.5, 0.6) is 0 Å². The van der Waals surface area contributed by atoms with Gasteiger partial charge in [0, 0.05) is 31.8 Å². The van der Waals surface area contributed by atoms with Crippen LogP contribution in [0.3, 0.4) is 0 Å². The fraction of sp³-hybridized carbons (Fsp3) is 0.571. The third-order valence-electron chi connectivity index (χ3n) is 3.69. The van der Waals surface area contributed by atoms with Gasteiger partial charge in [0.1, 0.15) is 0 Å². The molecule has 1 unspecified atom stereocenters. The summed E-state index contributed by atoms with van der Waals surface area (Å²) >= 11 is 0. The van der Waals surface area contributed by atoms with E-state index in [9.17, 15) is 18.5 Å². The van der Waals surface area contributed by atoms with E-state index in [1.807, 2.05) is 13.8 Å². The minimum absolute atomic E-state index is 0. The molecule has 0 saturated heterocycles. The van der Waals surface area contributed by atoms with Crippen molar-refractivity contribution >= 4 is 28.1 Å². The SMILES string of the molecule is Cc1cc([N+](=O)[O-])ccc1S(=O)(=O)N(C)CCC(N)C(C)C.Cl.